The number of carbonyl (C=O) groups is 1. The molecule has 2 aromatic carbocycles. The Hall–Kier alpha value is -2.77. The summed E-state index contributed by atoms with van der Waals surface area (Å²) >= 11 is 7.84. The van der Waals surface area contributed by atoms with Gasteiger partial charge in [0.2, 0.25) is 0 Å². The average Bonchev–Trinajstić information content (AvgIpc) is 3.17. The van der Waals surface area contributed by atoms with Gasteiger partial charge in [0.05, 0.1) is 15.2 Å². The summed E-state index contributed by atoms with van der Waals surface area (Å²) < 4.78 is 13.9. The third kappa shape index (κ3) is 2.62. The van der Waals surface area contributed by atoms with Crippen LogP contribution in [0.25, 0.3) is 21.1 Å². The summed E-state index contributed by atoms with van der Waals surface area (Å²) in [5.74, 6) is 1.08. The first-order chi connectivity index (χ1) is 13.1. The Morgan fingerprint density at radius 3 is 2.74 bits per heavy atom. The summed E-state index contributed by atoms with van der Waals surface area (Å²) in [4.78, 5) is 17.4. The Bertz CT molecular complexity index is 1130. The Kier molecular flexibility index (Phi) is 3.73. The second kappa shape index (κ2) is 6.14. The predicted molar refractivity (Wildman–Crippen MR) is 106 cm³/mol. The highest BCUT2D eigenvalue weighted by atomic mass is 35.5. The SMILES string of the molecule is Cn1c(C(=O)Nc2nc3cc4c(cc3s2)OCCO4)c(Cl)c2ccccc21. The molecular weight excluding hydrogens is 386 g/mol. The number of nitrogens with zero attached hydrogens (tertiary/aromatic N) is 2. The van der Waals surface area contributed by atoms with E-state index in [1.165, 1.54) is 11.3 Å². The minimum atomic E-state index is -0.296. The van der Waals surface area contributed by atoms with Gasteiger partial charge in [-0.1, -0.05) is 41.1 Å². The van der Waals surface area contributed by atoms with E-state index >= 15 is 0 Å². The maximum absolute atomic E-state index is 12.9. The topological polar surface area (TPSA) is 65.4 Å². The number of para-hydroxylation sites is 1. The van der Waals surface area contributed by atoms with Crippen molar-refractivity contribution in [3.8, 4) is 11.5 Å². The Labute approximate surface area is 163 Å². The van der Waals surface area contributed by atoms with Gasteiger partial charge in [-0.15, -0.1) is 0 Å². The Morgan fingerprint density at radius 1 is 1.22 bits per heavy atom. The second-order valence-corrected chi connectivity index (χ2v) is 7.58. The predicted octanol–water partition coefficient (Wildman–Crippen LogP) is 4.46. The van der Waals surface area contributed by atoms with Crippen molar-refractivity contribution < 1.29 is 14.3 Å². The molecule has 0 saturated heterocycles. The summed E-state index contributed by atoms with van der Waals surface area (Å²) in [7, 11) is 1.82. The van der Waals surface area contributed by atoms with E-state index in [0.717, 1.165) is 21.1 Å². The molecule has 27 heavy (non-hydrogen) atoms. The average molecular weight is 400 g/mol. The number of nitrogens with one attached hydrogen (secondary N) is 1. The number of aromatic nitrogens is 2. The number of carbonyl (C=O) groups excluding carboxylic acids is 1. The molecule has 136 valence electrons. The number of ether oxygens (including phenoxy) is 2. The minimum absolute atomic E-state index is 0.296. The van der Waals surface area contributed by atoms with Crippen molar-refractivity contribution in [2.45, 2.75) is 0 Å². The lowest BCUT2D eigenvalue weighted by molar-refractivity contribution is 0.102. The fourth-order valence-electron chi connectivity index (χ4n) is 3.27. The summed E-state index contributed by atoms with van der Waals surface area (Å²) in [5, 5.41) is 4.64. The molecule has 1 N–H and O–H groups in total. The Balaban J connectivity index is 1.51. The van der Waals surface area contributed by atoms with Crippen LogP contribution in [-0.4, -0.2) is 28.7 Å². The molecule has 0 saturated carbocycles. The van der Waals surface area contributed by atoms with Crippen molar-refractivity contribution >= 4 is 55.1 Å². The highest BCUT2D eigenvalue weighted by molar-refractivity contribution is 7.22. The maximum atomic E-state index is 12.9. The second-order valence-electron chi connectivity index (χ2n) is 6.18. The number of amides is 1. The maximum Gasteiger partial charge on any atom is 0.275 e. The molecule has 0 aliphatic carbocycles. The number of rotatable bonds is 2. The van der Waals surface area contributed by atoms with E-state index in [9.17, 15) is 4.79 Å². The van der Waals surface area contributed by atoms with Gasteiger partial charge in [-0.05, 0) is 6.07 Å². The van der Waals surface area contributed by atoms with Gasteiger partial charge in [-0.2, -0.15) is 0 Å². The van der Waals surface area contributed by atoms with Gasteiger partial charge in [0.25, 0.3) is 5.91 Å². The molecule has 8 heteroatoms. The molecule has 0 atom stereocenters. The van der Waals surface area contributed by atoms with Crippen LogP contribution in [0.1, 0.15) is 10.5 Å². The van der Waals surface area contributed by atoms with Crippen molar-refractivity contribution in [1.82, 2.24) is 9.55 Å². The van der Waals surface area contributed by atoms with Gasteiger partial charge in [0.15, 0.2) is 16.6 Å². The number of halogens is 1. The first-order valence-corrected chi connectivity index (χ1v) is 9.56. The molecule has 0 spiro atoms. The molecule has 0 unspecified atom stereocenters. The molecule has 4 aromatic rings. The largest absolute Gasteiger partial charge is 0.486 e. The number of hydrogen-bond acceptors (Lipinski definition) is 5. The van der Waals surface area contributed by atoms with E-state index in [4.69, 9.17) is 21.1 Å². The first-order valence-electron chi connectivity index (χ1n) is 8.36. The molecule has 1 aliphatic rings. The fraction of sp³-hybridized carbons (Fsp3) is 0.158. The van der Waals surface area contributed by atoms with E-state index in [-0.39, 0.29) is 5.91 Å². The van der Waals surface area contributed by atoms with E-state index in [2.05, 4.69) is 10.3 Å². The number of hydrogen-bond donors (Lipinski definition) is 1. The number of benzene rings is 2. The van der Waals surface area contributed by atoms with Crippen LogP contribution in [0.5, 0.6) is 11.5 Å². The van der Waals surface area contributed by atoms with Crippen molar-refractivity contribution in [3.05, 3.63) is 47.1 Å². The van der Waals surface area contributed by atoms with Gasteiger partial charge in [-0.25, -0.2) is 4.98 Å². The molecule has 3 heterocycles. The van der Waals surface area contributed by atoms with E-state index in [1.807, 2.05) is 43.4 Å². The van der Waals surface area contributed by atoms with Crippen molar-refractivity contribution in [2.24, 2.45) is 7.05 Å². The van der Waals surface area contributed by atoms with Crippen LogP contribution in [0, 0.1) is 0 Å². The summed E-state index contributed by atoms with van der Waals surface area (Å²) in [6, 6.07) is 11.4. The van der Waals surface area contributed by atoms with Crippen LogP contribution in [-0.2, 0) is 7.05 Å². The lowest BCUT2D eigenvalue weighted by Gasteiger charge is -2.17. The van der Waals surface area contributed by atoms with Crippen LogP contribution in [0.2, 0.25) is 5.02 Å². The van der Waals surface area contributed by atoms with Crippen LogP contribution >= 0.6 is 22.9 Å². The van der Waals surface area contributed by atoms with Crippen molar-refractivity contribution in [3.63, 3.8) is 0 Å². The zero-order valence-electron chi connectivity index (χ0n) is 14.3. The smallest absolute Gasteiger partial charge is 0.275 e. The summed E-state index contributed by atoms with van der Waals surface area (Å²) in [5.41, 5.74) is 2.06. The summed E-state index contributed by atoms with van der Waals surface area (Å²) in [6.45, 7) is 1.05. The molecule has 5 rings (SSSR count). The monoisotopic (exact) mass is 399 g/mol. The van der Waals surface area contributed by atoms with Crippen LogP contribution in [0.15, 0.2) is 36.4 Å². The zero-order chi connectivity index (χ0) is 18.5. The fourth-order valence-corrected chi connectivity index (χ4v) is 4.52. The molecule has 0 bridgehead atoms. The zero-order valence-corrected chi connectivity index (χ0v) is 15.9. The normalized spacial score (nSPS) is 13.3. The minimum Gasteiger partial charge on any atom is -0.486 e. The van der Waals surface area contributed by atoms with Crippen LogP contribution in [0.4, 0.5) is 5.13 Å². The lowest BCUT2D eigenvalue weighted by Crippen LogP contribution is -2.16. The van der Waals surface area contributed by atoms with E-state index in [0.29, 0.717) is 40.6 Å². The number of aryl methyl sites for hydroxylation is 1. The van der Waals surface area contributed by atoms with Crippen molar-refractivity contribution in [2.75, 3.05) is 18.5 Å². The third-order valence-corrected chi connectivity index (χ3v) is 5.85. The van der Waals surface area contributed by atoms with Gasteiger partial charge in [0.1, 0.15) is 18.9 Å². The van der Waals surface area contributed by atoms with E-state index in [1.54, 1.807) is 4.57 Å². The molecular formula is C19H14ClN3O3S. The van der Waals surface area contributed by atoms with Gasteiger partial charge in [-0.3, -0.25) is 10.1 Å². The first kappa shape index (κ1) is 16.4. The number of thiazole rings is 1. The molecule has 0 radical (unpaired) electrons. The molecule has 0 fully saturated rings. The Morgan fingerprint density at radius 2 is 1.96 bits per heavy atom. The highest BCUT2D eigenvalue weighted by Crippen LogP contribution is 2.38. The molecule has 6 nitrogen and oxygen atoms in total. The standard InChI is InChI=1S/C19H14ClN3O3S/c1-23-12-5-3-2-4-10(12)16(20)17(23)18(24)22-19-21-11-8-13-14(9-15(11)27-19)26-7-6-25-13/h2-5,8-9H,6-7H2,1H3,(H,21,22,24). The van der Waals surface area contributed by atoms with Gasteiger partial charge < -0.3 is 14.0 Å². The lowest BCUT2D eigenvalue weighted by atomic mass is 10.2. The molecule has 1 aliphatic heterocycles. The third-order valence-electron chi connectivity index (χ3n) is 4.53. The van der Waals surface area contributed by atoms with Gasteiger partial charge in [0, 0.05) is 30.1 Å². The van der Waals surface area contributed by atoms with Crippen LogP contribution < -0.4 is 14.8 Å². The number of fused-ring (bicyclic) bond motifs is 3. The van der Waals surface area contributed by atoms with Crippen LogP contribution in [0.3, 0.4) is 0 Å². The van der Waals surface area contributed by atoms with E-state index < -0.39 is 0 Å². The highest BCUT2D eigenvalue weighted by Gasteiger charge is 2.21. The van der Waals surface area contributed by atoms with Crippen molar-refractivity contribution in [1.29, 1.82) is 0 Å². The quantitative estimate of drug-likeness (QED) is 0.540. The molecule has 1 amide bonds. The molecule has 2 aromatic heterocycles. The van der Waals surface area contributed by atoms with Gasteiger partial charge >= 0.3 is 0 Å². The number of anilines is 1. The summed E-state index contributed by atoms with van der Waals surface area (Å²) in [6.07, 6.45) is 0.